The molecule has 1 aliphatic heterocycles. The molecule has 2 aromatic carbocycles. The number of ether oxygens (including phenoxy) is 1. The first-order chi connectivity index (χ1) is 18.3. The van der Waals surface area contributed by atoms with Crippen molar-refractivity contribution in [2.75, 3.05) is 30.9 Å². The van der Waals surface area contributed by atoms with Gasteiger partial charge in [-0.1, -0.05) is 35.9 Å². The molecule has 2 aliphatic rings. The summed E-state index contributed by atoms with van der Waals surface area (Å²) in [7, 11) is -3.89. The van der Waals surface area contributed by atoms with Gasteiger partial charge in [0.15, 0.2) is 0 Å². The molecule has 1 saturated heterocycles. The highest BCUT2D eigenvalue weighted by molar-refractivity contribution is 7.93. The van der Waals surface area contributed by atoms with Crippen LogP contribution in [0.1, 0.15) is 16.8 Å². The quantitative estimate of drug-likeness (QED) is 0.503. The summed E-state index contributed by atoms with van der Waals surface area (Å²) in [4.78, 5) is 33.0. The third kappa shape index (κ3) is 5.66. The summed E-state index contributed by atoms with van der Waals surface area (Å²) in [5.74, 6) is -0.194. The van der Waals surface area contributed by atoms with E-state index in [0.717, 1.165) is 5.39 Å². The van der Waals surface area contributed by atoms with Crippen molar-refractivity contribution in [1.29, 1.82) is 0 Å². The molecule has 196 valence electrons. The van der Waals surface area contributed by atoms with Crippen LogP contribution in [-0.2, 0) is 14.8 Å². The second-order valence-electron chi connectivity index (χ2n) is 8.90. The number of nitrogens with one attached hydrogen (secondary N) is 1. The maximum Gasteiger partial charge on any atom is 0.410 e. The van der Waals surface area contributed by atoms with Crippen molar-refractivity contribution in [2.24, 2.45) is 0 Å². The predicted molar refractivity (Wildman–Crippen MR) is 144 cm³/mol. The van der Waals surface area contributed by atoms with E-state index in [1.54, 1.807) is 82.8 Å². The van der Waals surface area contributed by atoms with Crippen LogP contribution in [0.2, 0.25) is 0 Å². The van der Waals surface area contributed by atoms with Crippen LogP contribution in [0, 0.1) is 0 Å². The number of anilines is 1. The summed E-state index contributed by atoms with van der Waals surface area (Å²) in [5.41, 5.74) is 1.13. The third-order valence-corrected chi connectivity index (χ3v) is 8.05. The standard InChI is InChI=1S/C27H25ClN4O5S/c28-21-8-12-23(13-9-21)37-27(34)32-17-15-31(16-18-32)26(33)20-6-10-22(11-7-20)30-38(35,36)24-5-1-3-19-4-2-14-29-25(19)24/h1-12,14,23,30H,13,15-18H2. The van der Waals surface area contributed by atoms with Gasteiger partial charge in [-0.05, 0) is 48.6 Å². The Kier molecular flexibility index (Phi) is 7.35. The van der Waals surface area contributed by atoms with Crippen LogP contribution in [0.25, 0.3) is 10.9 Å². The van der Waals surface area contributed by atoms with Crippen LogP contribution in [0.5, 0.6) is 0 Å². The highest BCUT2D eigenvalue weighted by atomic mass is 35.5. The highest BCUT2D eigenvalue weighted by Crippen LogP contribution is 2.24. The summed E-state index contributed by atoms with van der Waals surface area (Å²) in [6, 6.07) is 14.8. The number of aromatic nitrogens is 1. The molecule has 0 spiro atoms. The topological polar surface area (TPSA) is 109 Å². The minimum atomic E-state index is -3.89. The van der Waals surface area contributed by atoms with Crippen molar-refractivity contribution >= 4 is 50.2 Å². The van der Waals surface area contributed by atoms with Crippen LogP contribution in [0.4, 0.5) is 10.5 Å². The maximum absolute atomic E-state index is 13.0. The SMILES string of the molecule is O=C(OC1C=CC(Cl)=CC1)N1CCN(C(=O)c2ccc(NS(=O)(=O)c3cccc4cccnc34)cc2)CC1. The van der Waals surface area contributed by atoms with E-state index in [0.29, 0.717) is 54.4 Å². The van der Waals surface area contributed by atoms with Gasteiger partial charge in [-0.2, -0.15) is 0 Å². The number of amides is 2. The molecule has 5 rings (SSSR count). The summed E-state index contributed by atoms with van der Waals surface area (Å²) in [5, 5.41) is 1.34. The molecule has 0 bridgehead atoms. The normalized spacial score (nSPS) is 17.7. The number of hydrogen-bond donors (Lipinski definition) is 1. The Morgan fingerprint density at radius 1 is 0.974 bits per heavy atom. The average Bonchev–Trinajstić information content (AvgIpc) is 2.94. The van der Waals surface area contributed by atoms with Crippen molar-refractivity contribution in [2.45, 2.75) is 17.4 Å². The fourth-order valence-electron chi connectivity index (χ4n) is 4.32. The molecule has 2 amide bonds. The molecular weight excluding hydrogens is 528 g/mol. The van der Waals surface area contributed by atoms with Crippen molar-refractivity contribution in [3.8, 4) is 0 Å². The molecule has 1 fully saturated rings. The van der Waals surface area contributed by atoms with Crippen LogP contribution >= 0.6 is 11.6 Å². The van der Waals surface area contributed by atoms with Crippen molar-refractivity contribution in [1.82, 2.24) is 14.8 Å². The van der Waals surface area contributed by atoms with E-state index in [1.165, 1.54) is 6.07 Å². The molecule has 1 N–H and O–H groups in total. The zero-order valence-corrected chi connectivity index (χ0v) is 21.9. The first kappa shape index (κ1) is 25.7. The van der Waals surface area contributed by atoms with Crippen molar-refractivity contribution < 1.29 is 22.7 Å². The van der Waals surface area contributed by atoms with E-state index in [9.17, 15) is 18.0 Å². The molecule has 2 heterocycles. The number of sulfonamides is 1. The Labute approximate surface area is 225 Å². The number of hydrogen-bond acceptors (Lipinski definition) is 6. The molecule has 1 aromatic heterocycles. The van der Waals surface area contributed by atoms with Gasteiger partial charge in [-0.25, -0.2) is 13.2 Å². The van der Waals surface area contributed by atoms with Gasteiger partial charge in [0, 0.05) is 60.5 Å². The molecule has 3 aromatic rings. The van der Waals surface area contributed by atoms with E-state index >= 15 is 0 Å². The third-order valence-electron chi connectivity index (χ3n) is 6.36. The predicted octanol–water partition coefficient (Wildman–Crippen LogP) is 4.38. The number of rotatable bonds is 5. The average molecular weight is 553 g/mol. The van der Waals surface area contributed by atoms with Crippen LogP contribution in [-0.4, -0.2) is 67.5 Å². The largest absolute Gasteiger partial charge is 0.442 e. The number of piperazine rings is 1. The van der Waals surface area contributed by atoms with Crippen molar-refractivity contribution in [3.63, 3.8) is 0 Å². The van der Waals surface area contributed by atoms with Gasteiger partial charge >= 0.3 is 6.09 Å². The van der Waals surface area contributed by atoms with Crippen LogP contribution in [0.3, 0.4) is 0 Å². The minimum absolute atomic E-state index is 0.0759. The fourth-order valence-corrected chi connectivity index (χ4v) is 5.73. The number of para-hydroxylation sites is 1. The van der Waals surface area contributed by atoms with Crippen LogP contribution < -0.4 is 4.72 Å². The monoisotopic (exact) mass is 552 g/mol. The van der Waals surface area contributed by atoms with Gasteiger partial charge in [-0.15, -0.1) is 0 Å². The summed E-state index contributed by atoms with van der Waals surface area (Å²) >= 11 is 5.90. The molecule has 0 saturated carbocycles. The van der Waals surface area contributed by atoms with Crippen LogP contribution in [0.15, 0.2) is 88.9 Å². The van der Waals surface area contributed by atoms with Gasteiger partial charge in [-0.3, -0.25) is 14.5 Å². The Balaban J connectivity index is 1.18. The second-order valence-corrected chi connectivity index (χ2v) is 11.0. The van der Waals surface area contributed by atoms with E-state index in [2.05, 4.69) is 9.71 Å². The second kappa shape index (κ2) is 10.8. The molecule has 9 nitrogen and oxygen atoms in total. The minimum Gasteiger partial charge on any atom is -0.442 e. The summed E-state index contributed by atoms with van der Waals surface area (Å²) in [6.45, 7) is 1.44. The van der Waals surface area contributed by atoms with E-state index in [1.807, 2.05) is 0 Å². The molecule has 0 radical (unpaired) electrons. The molecule has 11 heteroatoms. The molecule has 1 aliphatic carbocycles. The lowest BCUT2D eigenvalue weighted by Gasteiger charge is -2.34. The summed E-state index contributed by atoms with van der Waals surface area (Å²) < 4.78 is 34.1. The molecule has 1 atom stereocenters. The first-order valence-corrected chi connectivity index (χ1v) is 13.9. The molecule has 38 heavy (non-hydrogen) atoms. The van der Waals surface area contributed by atoms with Gasteiger partial charge in [0.05, 0.1) is 5.52 Å². The molecular formula is C27H25ClN4O5S. The lowest BCUT2D eigenvalue weighted by Crippen LogP contribution is -2.51. The number of allylic oxidation sites excluding steroid dienone is 2. The fraction of sp³-hybridized carbons (Fsp3) is 0.222. The van der Waals surface area contributed by atoms with Gasteiger partial charge in [0.1, 0.15) is 11.0 Å². The number of nitrogens with zero attached hydrogens (tertiary/aromatic N) is 3. The Morgan fingerprint density at radius 2 is 1.68 bits per heavy atom. The van der Waals surface area contributed by atoms with E-state index in [4.69, 9.17) is 16.3 Å². The lowest BCUT2D eigenvalue weighted by molar-refractivity contribution is 0.0492. The zero-order chi connectivity index (χ0) is 26.7. The van der Waals surface area contributed by atoms with E-state index < -0.39 is 16.1 Å². The zero-order valence-electron chi connectivity index (χ0n) is 20.3. The van der Waals surface area contributed by atoms with Gasteiger partial charge in [0.25, 0.3) is 15.9 Å². The Bertz CT molecular complexity index is 1530. The van der Waals surface area contributed by atoms with Crippen molar-refractivity contribution in [3.05, 3.63) is 89.6 Å². The Hall–Kier alpha value is -3.89. The smallest absolute Gasteiger partial charge is 0.410 e. The number of carbonyl (C=O) groups excluding carboxylic acids is 2. The summed E-state index contributed by atoms with van der Waals surface area (Å²) in [6.07, 6.45) is 6.57. The maximum atomic E-state index is 13.0. The number of halogens is 1. The number of fused-ring (bicyclic) bond motifs is 1. The number of carbonyl (C=O) groups is 2. The number of benzene rings is 2. The first-order valence-electron chi connectivity index (χ1n) is 12.1. The number of pyridine rings is 1. The lowest BCUT2D eigenvalue weighted by atomic mass is 10.1. The molecule has 1 unspecified atom stereocenters. The van der Waals surface area contributed by atoms with Gasteiger partial charge in [0.2, 0.25) is 0 Å². The van der Waals surface area contributed by atoms with E-state index in [-0.39, 0.29) is 16.9 Å². The Morgan fingerprint density at radius 3 is 2.39 bits per heavy atom. The highest BCUT2D eigenvalue weighted by Gasteiger charge is 2.27. The van der Waals surface area contributed by atoms with Gasteiger partial charge < -0.3 is 14.5 Å².